The van der Waals surface area contributed by atoms with E-state index in [2.05, 4.69) is 19.6 Å². The smallest absolute Gasteiger partial charge is 0.377 e. The number of hydrogen-bond donors (Lipinski definition) is 0. The summed E-state index contributed by atoms with van der Waals surface area (Å²) < 4.78 is 10.5. The van der Waals surface area contributed by atoms with Gasteiger partial charge >= 0.3 is 11.9 Å². The number of carbonyl (C=O) groups excluding carboxylic acids is 2. The lowest BCUT2D eigenvalue weighted by atomic mass is 10.1. The Kier molecular flexibility index (Phi) is 4.02. The van der Waals surface area contributed by atoms with Crippen molar-refractivity contribution < 1.29 is 19.1 Å². The summed E-state index contributed by atoms with van der Waals surface area (Å²) in [7, 11) is 2.46. The zero-order chi connectivity index (χ0) is 15.6. The van der Waals surface area contributed by atoms with Crippen molar-refractivity contribution >= 4 is 11.9 Å². The molecular formula is C14H15N3O4. The number of aromatic nitrogens is 3. The normalized spacial score (nSPS) is 10.3. The summed E-state index contributed by atoms with van der Waals surface area (Å²) in [6, 6.07) is 5.64. The van der Waals surface area contributed by atoms with Crippen molar-refractivity contribution in [2.24, 2.45) is 0 Å². The lowest BCUT2D eigenvalue weighted by molar-refractivity contribution is 0.0583. The molecule has 2 aromatic rings. The van der Waals surface area contributed by atoms with E-state index in [0.29, 0.717) is 5.69 Å². The van der Waals surface area contributed by atoms with E-state index in [1.165, 1.54) is 18.9 Å². The van der Waals surface area contributed by atoms with Crippen molar-refractivity contribution in [1.29, 1.82) is 0 Å². The molecule has 7 nitrogen and oxygen atoms in total. The number of methoxy groups -OCH3 is 2. The molecule has 0 bridgehead atoms. The van der Waals surface area contributed by atoms with Gasteiger partial charge in [-0.1, -0.05) is 6.07 Å². The molecule has 1 aromatic heterocycles. The van der Waals surface area contributed by atoms with E-state index in [0.717, 1.165) is 11.1 Å². The van der Waals surface area contributed by atoms with Gasteiger partial charge in [0.25, 0.3) is 5.82 Å². The van der Waals surface area contributed by atoms with Crippen molar-refractivity contribution in [2.75, 3.05) is 14.2 Å². The molecule has 0 fully saturated rings. The second-order valence-corrected chi connectivity index (χ2v) is 4.50. The lowest BCUT2D eigenvalue weighted by Crippen LogP contribution is -2.11. The highest BCUT2D eigenvalue weighted by atomic mass is 16.5. The van der Waals surface area contributed by atoms with E-state index in [9.17, 15) is 9.59 Å². The molecule has 7 heteroatoms. The van der Waals surface area contributed by atoms with Crippen molar-refractivity contribution in [2.45, 2.75) is 13.8 Å². The predicted molar refractivity (Wildman–Crippen MR) is 73.5 cm³/mol. The van der Waals surface area contributed by atoms with Crippen LogP contribution in [0, 0.1) is 13.8 Å². The Morgan fingerprint density at radius 2 is 1.57 bits per heavy atom. The van der Waals surface area contributed by atoms with Gasteiger partial charge in [0.15, 0.2) is 0 Å². The minimum absolute atomic E-state index is 0.0806. The predicted octanol–water partition coefficient (Wildman–Crippen LogP) is 1.46. The second kappa shape index (κ2) is 5.74. The Morgan fingerprint density at radius 1 is 1.00 bits per heavy atom. The van der Waals surface area contributed by atoms with E-state index in [-0.39, 0.29) is 11.6 Å². The molecule has 0 saturated heterocycles. The largest absolute Gasteiger partial charge is 0.463 e. The molecule has 1 aromatic carbocycles. The maximum absolute atomic E-state index is 11.8. The number of nitrogens with zero attached hydrogens (tertiary/aromatic N) is 3. The van der Waals surface area contributed by atoms with E-state index in [1.807, 2.05) is 32.0 Å². The van der Waals surface area contributed by atoms with Crippen LogP contribution >= 0.6 is 0 Å². The quantitative estimate of drug-likeness (QED) is 0.795. The first kappa shape index (κ1) is 14.7. The van der Waals surface area contributed by atoms with Gasteiger partial charge in [-0.3, -0.25) is 0 Å². The van der Waals surface area contributed by atoms with Crippen LogP contribution in [0.25, 0.3) is 5.69 Å². The van der Waals surface area contributed by atoms with Gasteiger partial charge in [0.05, 0.1) is 19.9 Å². The monoisotopic (exact) mass is 289 g/mol. The Labute approximate surface area is 121 Å². The molecule has 21 heavy (non-hydrogen) atoms. The molecule has 0 aliphatic carbocycles. The summed E-state index contributed by atoms with van der Waals surface area (Å²) in [5.41, 5.74) is 2.61. The molecule has 110 valence electrons. The van der Waals surface area contributed by atoms with Crippen molar-refractivity contribution in [3.8, 4) is 5.69 Å². The summed E-state index contributed by atoms with van der Waals surface area (Å²) in [6.07, 6.45) is 0. The SMILES string of the molecule is COC(=O)c1nc(C(=O)OC)n(-c2cc(C)cc(C)c2)n1. The highest BCUT2D eigenvalue weighted by Gasteiger charge is 2.23. The average Bonchev–Trinajstić information content (AvgIpc) is 2.89. The van der Waals surface area contributed by atoms with Crippen LogP contribution in [0.4, 0.5) is 0 Å². The van der Waals surface area contributed by atoms with Crippen molar-refractivity contribution in [3.05, 3.63) is 41.0 Å². The molecule has 0 unspecified atom stereocenters. The zero-order valence-electron chi connectivity index (χ0n) is 12.2. The number of rotatable bonds is 3. The van der Waals surface area contributed by atoms with Crippen molar-refractivity contribution in [3.63, 3.8) is 0 Å². The maximum atomic E-state index is 11.8. The summed E-state index contributed by atoms with van der Waals surface area (Å²) in [5, 5.41) is 4.03. The third-order valence-electron chi connectivity index (χ3n) is 2.79. The molecule has 0 amide bonds. The van der Waals surface area contributed by atoms with Gasteiger partial charge < -0.3 is 9.47 Å². The van der Waals surface area contributed by atoms with Crippen LogP contribution in [0.3, 0.4) is 0 Å². The number of hydrogen-bond acceptors (Lipinski definition) is 6. The number of benzene rings is 1. The standard InChI is InChI=1S/C14H15N3O4/c1-8-5-9(2)7-10(6-8)17-12(14(19)21-4)15-11(16-17)13(18)20-3/h5-7H,1-4H3. The summed E-state index contributed by atoms with van der Waals surface area (Å²) in [5.74, 6) is -1.68. The molecule has 0 saturated carbocycles. The van der Waals surface area contributed by atoms with Gasteiger partial charge in [0.1, 0.15) is 0 Å². The van der Waals surface area contributed by atoms with Gasteiger partial charge in [0, 0.05) is 0 Å². The summed E-state index contributed by atoms with van der Waals surface area (Å²) in [6.45, 7) is 3.85. The van der Waals surface area contributed by atoms with Gasteiger partial charge in [-0.15, -0.1) is 5.10 Å². The Hall–Kier alpha value is -2.70. The molecule has 0 aliphatic heterocycles. The first-order chi connectivity index (χ1) is 9.96. The molecule has 0 aliphatic rings. The Morgan fingerprint density at radius 3 is 2.10 bits per heavy atom. The van der Waals surface area contributed by atoms with E-state index >= 15 is 0 Å². The van der Waals surface area contributed by atoms with Gasteiger partial charge in [-0.2, -0.15) is 4.98 Å². The van der Waals surface area contributed by atoms with Crippen molar-refractivity contribution in [1.82, 2.24) is 14.8 Å². The molecule has 0 radical (unpaired) electrons. The fourth-order valence-electron chi connectivity index (χ4n) is 1.97. The van der Waals surface area contributed by atoms with Crippen LogP contribution in [0.5, 0.6) is 0 Å². The average molecular weight is 289 g/mol. The molecule has 0 N–H and O–H groups in total. The van der Waals surface area contributed by atoms with Gasteiger partial charge in [-0.05, 0) is 37.1 Å². The Balaban J connectivity index is 2.62. The number of esters is 2. The lowest BCUT2D eigenvalue weighted by Gasteiger charge is -2.06. The van der Waals surface area contributed by atoms with Crippen LogP contribution in [-0.2, 0) is 9.47 Å². The first-order valence-electron chi connectivity index (χ1n) is 6.18. The summed E-state index contributed by atoms with van der Waals surface area (Å²) in [4.78, 5) is 27.2. The fourth-order valence-corrected chi connectivity index (χ4v) is 1.97. The number of carbonyl (C=O) groups is 2. The molecule has 0 atom stereocenters. The first-order valence-corrected chi connectivity index (χ1v) is 6.18. The Bertz CT molecular complexity index is 686. The highest BCUT2D eigenvalue weighted by molar-refractivity contribution is 5.90. The van der Waals surface area contributed by atoms with Crippen LogP contribution in [0.1, 0.15) is 32.4 Å². The maximum Gasteiger partial charge on any atom is 0.377 e. The minimum atomic E-state index is -0.719. The van der Waals surface area contributed by atoms with Gasteiger partial charge in [0.2, 0.25) is 5.82 Å². The van der Waals surface area contributed by atoms with Crippen LogP contribution in [-0.4, -0.2) is 40.9 Å². The fraction of sp³-hybridized carbons (Fsp3) is 0.286. The third kappa shape index (κ3) is 2.91. The molecular weight excluding hydrogens is 274 g/mol. The summed E-state index contributed by atoms with van der Waals surface area (Å²) >= 11 is 0. The van der Waals surface area contributed by atoms with Crippen LogP contribution < -0.4 is 0 Å². The number of aryl methyl sites for hydroxylation is 2. The van der Waals surface area contributed by atoms with E-state index < -0.39 is 11.9 Å². The molecule has 1 heterocycles. The topological polar surface area (TPSA) is 83.3 Å². The zero-order valence-corrected chi connectivity index (χ0v) is 12.2. The van der Waals surface area contributed by atoms with Gasteiger partial charge in [-0.25, -0.2) is 14.3 Å². The van der Waals surface area contributed by atoms with E-state index in [4.69, 9.17) is 0 Å². The van der Waals surface area contributed by atoms with Crippen LogP contribution in [0.15, 0.2) is 18.2 Å². The second-order valence-electron chi connectivity index (χ2n) is 4.50. The minimum Gasteiger partial charge on any atom is -0.463 e. The third-order valence-corrected chi connectivity index (χ3v) is 2.79. The molecule has 2 rings (SSSR count). The number of ether oxygens (including phenoxy) is 2. The molecule has 0 spiro atoms. The van der Waals surface area contributed by atoms with E-state index in [1.54, 1.807) is 0 Å². The van der Waals surface area contributed by atoms with Crippen LogP contribution in [0.2, 0.25) is 0 Å². The highest BCUT2D eigenvalue weighted by Crippen LogP contribution is 2.15.